The molecule has 0 unspecified atom stereocenters. The molecule has 0 aliphatic heterocycles. The molecule has 10 heteroatoms. The summed E-state index contributed by atoms with van der Waals surface area (Å²) >= 11 is 1.33. The second-order valence-electron chi connectivity index (χ2n) is 5.34. The average molecular weight is 395 g/mol. The molecule has 2 N–H and O–H groups in total. The molecule has 0 atom stereocenters. The highest BCUT2D eigenvalue weighted by Crippen LogP contribution is 2.21. The van der Waals surface area contributed by atoms with Crippen molar-refractivity contribution in [3.63, 3.8) is 0 Å². The van der Waals surface area contributed by atoms with E-state index >= 15 is 0 Å². The highest BCUT2D eigenvalue weighted by atomic mass is 32.2. The lowest BCUT2D eigenvalue weighted by atomic mass is 10.2. The first-order valence-corrected chi connectivity index (χ1v) is 10.1. The molecule has 0 aliphatic carbocycles. The van der Waals surface area contributed by atoms with Crippen LogP contribution in [0.25, 0.3) is 0 Å². The number of nitro benzene ring substituents is 1. The van der Waals surface area contributed by atoms with Gasteiger partial charge in [0.2, 0.25) is 5.91 Å². The molecular formula is C16H17N3O5S2. The van der Waals surface area contributed by atoms with Gasteiger partial charge in [0.25, 0.3) is 15.7 Å². The van der Waals surface area contributed by atoms with Gasteiger partial charge in [0.1, 0.15) is 0 Å². The third kappa shape index (κ3) is 5.55. The number of amides is 1. The van der Waals surface area contributed by atoms with Crippen molar-refractivity contribution in [1.29, 1.82) is 0 Å². The van der Waals surface area contributed by atoms with Gasteiger partial charge in [-0.3, -0.25) is 20.3 Å². The number of thioether (sulfide) groups is 1. The summed E-state index contributed by atoms with van der Waals surface area (Å²) in [6.45, 7) is 1.51. The van der Waals surface area contributed by atoms with Crippen molar-refractivity contribution in [3.05, 3.63) is 69.8 Å². The molecule has 0 fully saturated rings. The van der Waals surface area contributed by atoms with Crippen LogP contribution < -0.4 is 10.3 Å². The van der Waals surface area contributed by atoms with Crippen LogP contribution in [0.4, 0.5) is 5.69 Å². The van der Waals surface area contributed by atoms with Crippen molar-refractivity contribution < 1.29 is 18.1 Å². The number of hydrogen-bond acceptors (Lipinski definition) is 6. The summed E-state index contributed by atoms with van der Waals surface area (Å²) < 4.78 is 24.3. The predicted octanol–water partition coefficient (Wildman–Crippen LogP) is 2.15. The van der Waals surface area contributed by atoms with Crippen LogP contribution in [0.2, 0.25) is 0 Å². The standard InChI is InChI=1S/C16H17N3O5S2/c1-12-7-8-14(9-15(12)19(21)22)26(23,24)18-17-16(20)11-25-10-13-5-3-2-4-6-13/h2-9,18H,10-11H2,1H3,(H,17,20). The topological polar surface area (TPSA) is 118 Å². The molecule has 0 saturated heterocycles. The maximum atomic E-state index is 12.2. The van der Waals surface area contributed by atoms with Gasteiger partial charge < -0.3 is 0 Å². The van der Waals surface area contributed by atoms with E-state index in [1.807, 2.05) is 35.2 Å². The van der Waals surface area contributed by atoms with Gasteiger partial charge in [-0.1, -0.05) is 36.4 Å². The van der Waals surface area contributed by atoms with Crippen LogP contribution in [0.15, 0.2) is 53.4 Å². The molecule has 0 bridgehead atoms. The van der Waals surface area contributed by atoms with E-state index in [1.165, 1.54) is 30.8 Å². The van der Waals surface area contributed by atoms with E-state index in [0.717, 1.165) is 11.6 Å². The second-order valence-corrected chi connectivity index (χ2v) is 8.01. The number of nitrogens with zero attached hydrogens (tertiary/aromatic N) is 1. The third-order valence-electron chi connectivity index (χ3n) is 3.36. The average Bonchev–Trinajstić information content (AvgIpc) is 2.61. The largest absolute Gasteiger partial charge is 0.277 e. The molecule has 0 spiro atoms. The molecule has 26 heavy (non-hydrogen) atoms. The normalized spacial score (nSPS) is 11.1. The minimum atomic E-state index is -4.10. The van der Waals surface area contributed by atoms with E-state index in [-0.39, 0.29) is 16.3 Å². The summed E-state index contributed by atoms with van der Waals surface area (Å²) in [5, 5.41) is 10.9. The number of hydrazine groups is 1. The van der Waals surface area contributed by atoms with Gasteiger partial charge in [0.15, 0.2) is 0 Å². The first-order valence-electron chi connectivity index (χ1n) is 7.47. The lowest BCUT2D eigenvalue weighted by Crippen LogP contribution is -2.42. The Labute approximate surface area is 155 Å². The summed E-state index contributed by atoms with van der Waals surface area (Å²) in [6.07, 6.45) is 0. The molecule has 0 heterocycles. The fourth-order valence-electron chi connectivity index (χ4n) is 2.01. The Morgan fingerprint density at radius 2 is 1.88 bits per heavy atom. The summed E-state index contributed by atoms with van der Waals surface area (Å²) in [6, 6.07) is 13.1. The quantitative estimate of drug-likeness (QED) is 0.522. The van der Waals surface area contributed by atoms with Gasteiger partial charge in [-0.05, 0) is 18.6 Å². The van der Waals surface area contributed by atoms with Crippen molar-refractivity contribution in [1.82, 2.24) is 10.3 Å². The Morgan fingerprint density at radius 1 is 1.19 bits per heavy atom. The summed E-state index contributed by atoms with van der Waals surface area (Å²) in [7, 11) is -4.10. The first-order chi connectivity index (χ1) is 12.3. The van der Waals surface area contributed by atoms with E-state index in [9.17, 15) is 23.3 Å². The number of aryl methyl sites for hydroxylation is 1. The fraction of sp³-hybridized carbons (Fsp3) is 0.188. The lowest BCUT2D eigenvalue weighted by molar-refractivity contribution is -0.385. The minimum Gasteiger partial charge on any atom is -0.277 e. The molecule has 2 aromatic carbocycles. The number of hydrogen-bond donors (Lipinski definition) is 2. The Morgan fingerprint density at radius 3 is 2.54 bits per heavy atom. The third-order valence-corrected chi connectivity index (χ3v) is 5.61. The number of carbonyl (C=O) groups is 1. The molecule has 2 rings (SSSR count). The molecule has 0 aromatic heterocycles. The van der Waals surface area contributed by atoms with E-state index in [2.05, 4.69) is 5.43 Å². The van der Waals surface area contributed by atoms with Crippen molar-refractivity contribution in [3.8, 4) is 0 Å². The fourth-order valence-corrected chi connectivity index (χ4v) is 3.68. The van der Waals surface area contributed by atoms with Gasteiger partial charge in [-0.15, -0.1) is 16.6 Å². The molecule has 2 aromatic rings. The van der Waals surface area contributed by atoms with E-state index in [1.54, 1.807) is 0 Å². The molecular weight excluding hydrogens is 378 g/mol. The Bertz CT molecular complexity index is 901. The van der Waals surface area contributed by atoms with E-state index < -0.39 is 20.9 Å². The minimum absolute atomic E-state index is 0.0610. The van der Waals surface area contributed by atoms with Gasteiger partial charge in [-0.25, -0.2) is 8.42 Å². The summed E-state index contributed by atoms with van der Waals surface area (Å²) in [5.41, 5.74) is 3.19. The summed E-state index contributed by atoms with van der Waals surface area (Å²) in [4.78, 5) is 23.7. The van der Waals surface area contributed by atoms with Crippen LogP contribution in [0, 0.1) is 17.0 Å². The molecule has 1 amide bonds. The summed E-state index contributed by atoms with van der Waals surface area (Å²) in [5.74, 6) is 0.160. The number of nitro groups is 1. The van der Waals surface area contributed by atoms with Crippen LogP contribution in [-0.4, -0.2) is 25.0 Å². The van der Waals surface area contributed by atoms with Crippen LogP contribution in [0.3, 0.4) is 0 Å². The Balaban J connectivity index is 1.90. The van der Waals surface area contributed by atoms with Crippen LogP contribution >= 0.6 is 11.8 Å². The van der Waals surface area contributed by atoms with Crippen LogP contribution in [-0.2, 0) is 20.6 Å². The van der Waals surface area contributed by atoms with E-state index in [0.29, 0.717) is 11.3 Å². The zero-order valence-electron chi connectivity index (χ0n) is 13.8. The number of benzene rings is 2. The van der Waals surface area contributed by atoms with Crippen molar-refractivity contribution in [2.45, 2.75) is 17.6 Å². The Hall–Kier alpha value is -2.43. The number of rotatable bonds is 8. The second kappa shape index (κ2) is 8.79. The SMILES string of the molecule is Cc1ccc(S(=O)(=O)NNC(=O)CSCc2ccccc2)cc1[N+](=O)[O-]. The maximum absolute atomic E-state index is 12.2. The molecule has 0 aliphatic rings. The van der Waals surface area contributed by atoms with Crippen LogP contribution in [0.5, 0.6) is 0 Å². The number of nitrogens with one attached hydrogen (secondary N) is 2. The highest BCUT2D eigenvalue weighted by Gasteiger charge is 2.20. The van der Waals surface area contributed by atoms with Crippen molar-refractivity contribution in [2.75, 3.05) is 5.75 Å². The molecule has 8 nitrogen and oxygen atoms in total. The molecule has 0 radical (unpaired) electrons. The monoisotopic (exact) mass is 395 g/mol. The van der Waals surface area contributed by atoms with Crippen molar-refractivity contribution >= 4 is 33.4 Å². The van der Waals surface area contributed by atoms with Gasteiger partial charge in [0.05, 0.1) is 15.6 Å². The smallest absolute Gasteiger partial charge is 0.273 e. The first kappa shape index (κ1) is 19.9. The van der Waals surface area contributed by atoms with E-state index in [4.69, 9.17) is 0 Å². The van der Waals surface area contributed by atoms with Gasteiger partial charge in [-0.2, -0.15) is 0 Å². The number of carbonyl (C=O) groups excluding carboxylic acids is 1. The zero-order valence-corrected chi connectivity index (χ0v) is 15.5. The van der Waals surface area contributed by atoms with Gasteiger partial charge >= 0.3 is 0 Å². The molecule has 0 saturated carbocycles. The predicted molar refractivity (Wildman–Crippen MR) is 98.9 cm³/mol. The Kier molecular flexibility index (Phi) is 6.72. The molecule has 138 valence electrons. The number of sulfonamides is 1. The van der Waals surface area contributed by atoms with Crippen LogP contribution in [0.1, 0.15) is 11.1 Å². The lowest BCUT2D eigenvalue weighted by Gasteiger charge is -2.09. The zero-order chi connectivity index (χ0) is 19.2. The van der Waals surface area contributed by atoms with Gasteiger partial charge in [0, 0.05) is 17.4 Å². The maximum Gasteiger partial charge on any atom is 0.273 e. The highest BCUT2D eigenvalue weighted by molar-refractivity contribution is 7.99. The van der Waals surface area contributed by atoms with Crippen molar-refractivity contribution in [2.24, 2.45) is 0 Å².